The van der Waals surface area contributed by atoms with Gasteiger partial charge >= 0.3 is 6.03 Å². The lowest BCUT2D eigenvalue weighted by atomic mass is 9.92. The molecule has 3 rings (SSSR count). The molecule has 2 aromatic rings. The Morgan fingerprint density at radius 2 is 1.87 bits per heavy atom. The number of imide groups is 1. The van der Waals surface area contributed by atoms with Gasteiger partial charge in [-0.3, -0.25) is 14.5 Å². The number of carbonyl (C=O) groups is 3. The summed E-state index contributed by atoms with van der Waals surface area (Å²) < 4.78 is 23.9. The Labute approximate surface area is 179 Å². The van der Waals surface area contributed by atoms with Gasteiger partial charge in [0.05, 0.1) is 13.7 Å². The van der Waals surface area contributed by atoms with Crippen LogP contribution in [0.3, 0.4) is 0 Å². The summed E-state index contributed by atoms with van der Waals surface area (Å²) in [4.78, 5) is 38.3. The van der Waals surface area contributed by atoms with Crippen molar-refractivity contribution in [1.82, 2.24) is 15.5 Å². The molecule has 31 heavy (non-hydrogen) atoms. The summed E-state index contributed by atoms with van der Waals surface area (Å²) in [7, 11) is 1.53. The normalized spacial score (nSPS) is 18.0. The fourth-order valence-corrected chi connectivity index (χ4v) is 3.20. The van der Waals surface area contributed by atoms with Crippen molar-refractivity contribution in [2.75, 3.05) is 26.8 Å². The van der Waals surface area contributed by atoms with Crippen molar-refractivity contribution in [3.63, 3.8) is 0 Å². The van der Waals surface area contributed by atoms with Gasteiger partial charge in [-0.05, 0) is 43.2 Å². The first-order valence-electron chi connectivity index (χ1n) is 9.78. The number of nitrogens with one attached hydrogen (secondary N) is 2. The molecule has 1 atom stereocenters. The van der Waals surface area contributed by atoms with Crippen molar-refractivity contribution in [1.29, 1.82) is 0 Å². The maximum atomic E-state index is 13.5. The Morgan fingerprint density at radius 1 is 1.16 bits per heavy atom. The molecule has 1 saturated heterocycles. The zero-order valence-corrected chi connectivity index (χ0v) is 17.3. The molecule has 1 unspecified atom stereocenters. The molecule has 4 amide bonds. The minimum absolute atomic E-state index is 0.144. The van der Waals surface area contributed by atoms with Crippen LogP contribution in [-0.4, -0.2) is 49.6 Å². The number of hydrogen-bond acceptors (Lipinski definition) is 5. The van der Waals surface area contributed by atoms with E-state index in [0.29, 0.717) is 17.7 Å². The maximum Gasteiger partial charge on any atom is 0.325 e. The van der Waals surface area contributed by atoms with E-state index in [1.807, 2.05) is 0 Å². The summed E-state index contributed by atoms with van der Waals surface area (Å²) in [6.07, 6.45) is 0.434. The number of urea groups is 1. The topological polar surface area (TPSA) is 97.0 Å². The molecule has 2 aromatic carbocycles. The minimum Gasteiger partial charge on any atom is -0.497 e. The highest BCUT2D eigenvalue weighted by Gasteiger charge is 2.49. The molecule has 0 aliphatic carbocycles. The number of rotatable bonds is 9. The highest BCUT2D eigenvalue weighted by atomic mass is 19.1. The Bertz CT molecular complexity index is 966. The van der Waals surface area contributed by atoms with Crippen LogP contribution >= 0.6 is 0 Å². The Kier molecular flexibility index (Phi) is 6.74. The standard InChI is InChI=1S/C22H24FN3O5/c1-22(15-8-10-16(30-2)11-9-15)20(28)26(21(29)25-22)14-19(27)24-12-5-13-31-18-7-4-3-6-17(18)23/h3-4,6-11H,5,12-14H2,1-2H3,(H,24,27)(H,25,29). The van der Waals surface area contributed by atoms with E-state index in [9.17, 15) is 18.8 Å². The largest absolute Gasteiger partial charge is 0.497 e. The summed E-state index contributed by atoms with van der Waals surface area (Å²) in [5, 5.41) is 5.28. The van der Waals surface area contributed by atoms with Crippen molar-refractivity contribution in [3.8, 4) is 11.5 Å². The molecular formula is C22H24FN3O5. The van der Waals surface area contributed by atoms with Crippen LogP contribution in [0.1, 0.15) is 18.9 Å². The summed E-state index contributed by atoms with van der Waals surface area (Å²) in [6.45, 7) is 1.66. The van der Waals surface area contributed by atoms with Crippen molar-refractivity contribution in [3.05, 3.63) is 59.9 Å². The van der Waals surface area contributed by atoms with Gasteiger partial charge in [0.15, 0.2) is 11.6 Å². The second kappa shape index (κ2) is 9.46. The summed E-state index contributed by atoms with van der Waals surface area (Å²) in [5.74, 6) is -0.676. The second-order valence-corrected chi connectivity index (χ2v) is 7.16. The van der Waals surface area contributed by atoms with Gasteiger partial charge in [0.1, 0.15) is 17.8 Å². The Morgan fingerprint density at radius 3 is 2.55 bits per heavy atom. The molecule has 1 aliphatic rings. The molecule has 0 bridgehead atoms. The number of hydrogen-bond donors (Lipinski definition) is 2. The molecular weight excluding hydrogens is 405 g/mol. The monoisotopic (exact) mass is 429 g/mol. The van der Waals surface area contributed by atoms with E-state index < -0.39 is 35.7 Å². The van der Waals surface area contributed by atoms with Gasteiger partial charge in [-0.1, -0.05) is 24.3 Å². The van der Waals surface area contributed by atoms with Gasteiger partial charge < -0.3 is 20.1 Å². The number of para-hydroxylation sites is 1. The van der Waals surface area contributed by atoms with Crippen LogP contribution in [0.2, 0.25) is 0 Å². The van der Waals surface area contributed by atoms with E-state index in [4.69, 9.17) is 9.47 Å². The third kappa shape index (κ3) is 4.93. The zero-order valence-electron chi connectivity index (χ0n) is 17.3. The van der Waals surface area contributed by atoms with Gasteiger partial charge in [-0.2, -0.15) is 0 Å². The van der Waals surface area contributed by atoms with Gasteiger partial charge in [0.25, 0.3) is 5.91 Å². The predicted molar refractivity (Wildman–Crippen MR) is 110 cm³/mol. The first kappa shape index (κ1) is 22.1. The third-order valence-corrected chi connectivity index (χ3v) is 4.98. The molecule has 164 valence electrons. The lowest BCUT2D eigenvalue weighted by Crippen LogP contribution is -2.43. The lowest BCUT2D eigenvalue weighted by molar-refractivity contribution is -0.134. The Hall–Kier alpha value is -3.62. The van der Waals surface area contributed by atoms with E-state index in [0.717, 1.165) is 4.90 Å². The van der Waals surface area contributed by atoms with Crippen LogP contribution < -0.4 is 20.1 Å². The van der Waals surface area contributed by atoms with Crippen molar-refractivity contribution in [2.24, 2.45) is 0 Å². The average Bonchev–Trinajstić information content (AvgIpc) is 2.98. The minimum atomic E-state index is -1.27. The average molecular weight is 429 g/mol. The van der Waals surface area contributed by atoms with Crippen LogP contribution in [0.25, 0.3) is 0 Å². The number of ether oxygens (including phenoxy) is 2. The van der Waals surface area contributed by atoms with Gasteiger partial charge in [-0.15, -0.1) is 0 Å². The van der Waals surface area contributed by atoms with Crippen LogP contribution in [0, 0.1) is 5.82 Å². The van der Waals surface area contributed by atoms with Crippen molar-refractivity contribution < 1.29 is 28.2 Å². The number of carbonyl (C=O) groups excluding carboxylic acids is 3. The highest BCUT2D eigenvalue weighted by Crippen LogP contribution is 2.29. The molecule has 1 fully saturated rings. The van der Waals surface area contributed by atoms with E-state index in [1.165, 1.54) is 19.2 Å². The molecule has 9 heteroatoms. The number of amides is 4. The molecule has 0 saturated carbocycles. The predicted octanol–water partition coefficient (Wildman–Crippen LogP) is 2.19. The van der Waals surface area contributed by atoms with E-state index in [2.05, 4.69) is 10.6 Å². The van der Waals surface area contributed by atoms with Crippen LogP contribution in [0.5, 0.6) is 11.5 Å². The lowest BCUT2D eigenvalue weighted by Gasteiger charge is -2.22. The molecule has 0 spiro atoms. The van der Waals surface area contributed by atoms with Gasteiger partial charge in [0.2, 0.25) is 5.91 Å². The number of nitrogens with zero attached hydrogens (tertiary/aromatic N) is 1. The van der Waals surface area contributed by atoms with E-state index >= 15 is 0 Å². The molecule has 0 radical (unpaired) electrons. The fraction of sp³-hybridized carbons (Fsp3) is 0.318. The summed E-state index contributed by atoms with van der Waals surface area (Å²) in [5.41, 5.74) is -0.683. The number of methoxy groups -OCH3 is 1. The van der Waals surface area contributed by atoms with E-state index in [-0.39, 0.29) is 18.9 Å². The maximum absolute atomic E-state index is 13.5. The first-order chi connectivity index (χ1) is 14.8. The molecule has 1 heterocycles. The third-order valence-electron chi connectivity index (χ3n) is 4.98. The number of halogens is 1. The summed E-state index contributed by atoms with van der Waals surface area (Å²) in [6, 6.07) is 12.2. The van der Waals surface area contributed by atoms with E-state index in [1.54, 1.807) is 43.3 Å². The SMILES string of the molecule is COc1ccc(C2(C)NC(=O)N(CC(=O)NCCCOc3ccccc3F)C2=O)cc1. The number of benzene rings is 2. The van der Waals surface area contributed by atoms with Crippen LogP contribution in [0.15, 0.2) is 48.5 Å². The second-order valence-electron chi connectivity index (χ2n) is 7.16. The van der Waals surface area contributed by atoms with Crippen molar-refractivity contribution >= 4 is 17.8 Å². The highest BCUT2D eigenvalue weighted by molar-refractivity contribution is 6.09. The van der Waals surface area contributed by atoms with Crippen LogP contribution in [0.4, 0.5) is 9.18 Å². The van der Waals surface area contributed by atoms with Gasteiger partial charge in [0, 0.05) is 6.54 Å². The van der Waals surface area contributed by atoms with Crippen LogP contribution in [-0.2, 0) is 15.1 Å². The Balaban J connectivity index is 1.48. The fourth-order valence-electron chi connectivity index (χ4n) is 3.20. The van der Waals surface area contributed by atoms with Gasteiger partial charge in [-0.25, -0.2) is 9.18 Å². The smallest absolute Gasteiger partial charge is 0.325 e. The zero-order chi connectivity index (χ0) is 22.4. The quantitative estimate of drug-likeness (QED) is 0.471. The molecule has 2 N–H and O–H groups in total. The van der Waals surface area contributed by atoms with Crippen molar-refractivity contribution in [2.45, 2.75) is 18.9 Å². The first-order valence-corrected chi connectivity index (χ1v) is 9.78. The molecule has 1 aliphatic heterocycles. The molecule has 8 nitrogen and oxygen atoms in total. The summed E-state index contributed by atoms with van der Waals surface area (Å²) >= 11 is 0. The molecule has 0 aromatic heterocycles.